The van der Waals surface area contributed by atoms with E-state index in [4.69, 9.17) is 0 Å². The number of benzene rings is 1. The summed E-state index contributed by atoms with van der Waals surface area (Å²) in [5.41, 5.74) is 3.09. The van der Waals surface area contributed by atoms with Crippen LogP contribution in [0.25, 0.3) is 5.82 Å². The molecule has 0 aliphatic carbocycles. The van der Waals surface area contributed by atoms with E-state index in [2.05, 4.69) is 25.3 Å². The lowest BCUT2D eigenvalue weighted by Crippen LogP contribution is -2.41. The minimum atomic E-state index is -0.0733. The third kappa shape index (κ3) is 3.74. The third-order valence-corrected chi connectivity index (χ3v) is 5.22. The van der Waals surface area contributed by atoms with Crippen LogP contribution in [0.2, 0.25) is 0 Å². The Morgan fingerprint density at radius 2 is 1.93 bits per heavy atom. The van der Waals surface area contributed by atoms with E-state index >= 15 is 0 Å². The molecular weight excluding hydrogens is 352 g/mol. The molecule has 1 amide bonds. The van der Waals surface area contributed by atoms with Crippen LogP contribution in [0, 0.1) is 19.8 Å². The summed E-state index contributed by atoms with van der Waals surface area (Å²) >= 11 is 0. The van der Waals surface area contributed by atoms with Gasteiger partial charge in [0.25, 0.3) is 0 Å². The number of aryl methyl sites for hydroxylation is 2. The van der Waals surface area contributed by atoms with Crippen molar-refractivity contribution in [3.05, 3.63) is 60.2 Å². The van der Waals surface area contributed by atoms with Gasteiger partial charge in [0.1, 0.15) is 12.1 Å². The van der Waals surface area contributed by atoms with Gasteiger partial charge in [0.2, 0.25) is 5.91 Å². The van der Waals surface area contributed by atoms with Gasteiger partial charge in [0, 0.05) is 37.2 Å². The van der Waals surface area contributed by atoms with Gasteiger partial charge in [-0.3, -0.25) is 4.79 Å². The lowest BCUT2D eigenvalue weighted by atomic mass is 9.96. The Morgan fingerprint density at radius 3 is 2.68 bits per heavy atom. The van der Waals surface area contributed by atoms with E-state index in [1.807, 2.05) is 50.4 Å². The maximum Gasteiger partial charge on any atom is 0.229 e. The number of nitrogens with zero attached hydrogens (tertiary/aromatic N) is 5. The highest BCUT2D eigenvalue weighted by Gasteiger charge is 2.27. The highest BCUT2D eigenvalue weighted by molar-refractivity contribution is 5.94. The average molecular weight is 376 g/mol. The standard InChI is InChI=1S/C21H24N6O/c1-15-6-3-7-16(2)20(15)25-21(28)17-8-4-10-26(13-17)18-12-19(23-14-22-18)27-11-5-9-24-27/h3,5-7,9,11-12,14,17H,4,8,10,13H2,1-2H3,(H,25,28). The van der Waals surface area contributed by atoms with E-state index in [1.54, 1.807) is 17.2 Å². The monoisotopic (exact) mass is 376 g/mol. The Morgan fingerprint density at radius 1 is 1.14 bits per heavy atom. The summed E-state index contributed by atoms with van der Waals surface area (Å²) in [6.07, 6.45) is 6.95. The highest BCUT2D eigenvalue weighted by Crippen LogP contribution is 2.25. The molecule has 4 rings (SSSR count). The molecule has 2 aromatic heterocycles. The molecule has 1 aliphatic heterocycles. The molecule has 28 heavy (non-hydrogen) atoms. The molecule has 1 atom stereocenters. The first-order valence-electron chi connectivity index (χ1n) is 9.56. The quantitative estimate of drug-likeness (QED) is 0.757. The lowest BCUT2D eigenvalue weighted by molar-refractivity contribution is -0.120. The first-order chi connectivity index (χ1) is 13.6. The SMILES string of the molecule is Cc1cccc(C)c1NC(=O)C1CCCN(c2cc(-n3cccn3)ncn2)C1. The molecule has 1 aliphatic rings. The Hall–Kier alpha value is -3.22. The van der Waals surface area contributed by atoms with E-state index < -0.39 is 0 Å². The topological polar surface area (TPSA) is 75.9 Å². The minimum Gasteiger partial charge on any atom is -0.356 e. The fourth-order valence-electron chi connectivity index (χ4n) is 3.68. The van der Waals surface area contributed by atoms with Crippen molar-refractivity contribution in [1.82, 2.24) is 19.7 Å². The first kappa shape index (κ1) is 18.2. The van der Waals surface area contributed by atoms with E-state index in [1.165, 1.54) is 0 Å². The minimum absolute atomic E-state index is 0.0726. The van der Waals surface area contributed by atoms with Crippen LogP contribution in [-0.4, -0.2) is 38.7 Å². The van der Waals surface area contributed by atoms with E-state index in [0.29, 0.717) is 6.54 Å². The third-order valence-electron chi connectivity index (χ3n) is 5.22. The molecular formula is C21H24N6O. The Bertz CT molecular complexity index is 949. The van der Waals surface area contributed by atoms with Crippen LogP contribution in [0.4, 0.5) is 11.5 Å². The predicted octanol–water partition coefficient (Wildman–Crippen LogP) is 3.13. The molecule has 1 unspecified atom stereocenters. The fourth-order valence-corrected chi connectivity index (χ4v) is 3.68. The van der Waals surface area contributed by atoms with Crippen molar-refractivity contribution in [1.29, 1.82) is 0 Å². The molecule has 1 saturated heterocycles. The number of amides is 1. The van der Waals surface area contributed by atoms with Crippen LogP contribution < -0.4 is 10.2 Å². The van der Waals surface area contributed by atoms with Crippen LogP contribution in [-0.2, 0) is 4.79 Å². The summed E-state index contributed by atoms with van der Waals surface area (Å²) in [5.74, 6) is 1.54. The van der Waals surface area contributed by atoms with E-state index in [9.17, 15) is 4.79 Å². The molecule has 0 radical (unpaired) electrons. The summed E-state index contributed by atoms with van der Waals surface area (Å²) in [4.78, 5) is 23.8. The van der Waals surface area contributed by atoms with Crippen molar-refractivity contribution < 1.29 is 4.79 Å². The maximum absolute atomic E-state index is 12.9. The molecule has 7 heteroatoms. The number of nitrogens with one attached hydrogen (secondary N) is 1. The van der Waals surface area contributed by atoms with Gasteiger partial charge in [-0.2, -0.15) is 5.10 Å². The normalized spacial score (nSPS) is 16.8. The van der Waals surface area contributed by atoms with E-state index in [-0.39, 0.29) is 11.8 Å². The number of piperidine rings is 1. The number of rotatable bonds is 4. The molecule has 3 aromatic rings. The van der Waals surface area contributed by atoms with Crippen molar-refractivity contribution in [2.24, 2.45) is 5.92 Å². The molecule has 0 bridgehead atoms. The number of para-hydroxylation sites is 1. The van der Waals surface area contributed by atoms with E-state index in [0.717, 1.165) is 47.8 Å². The molecule has 0 saturated carbocycles. The van der Waals surface area contributed by atoms with Gasteiger partial charge in [-0.15, -0.1) is 0 Å². The van der Waals surface area contributed by atoms with Crippen molar-refractivity contribution in [3.63, 3.8) is 0 Å². The number of carbonyl (C=O) groups excluding carboxylic acids is 1. The number of anilines is 2. The average Bonchev–Trinajstić information content (AvgIpc) is 3.26. The Labute approximate surface area is 164 Å². The van der Waals surface area contributed by atoms with Gasteiger partial charge < -0.3 is 10.2 Å². The molecule has 7 nitrogen and oxygen atoms in total. The van der Waals surface area contributed by atoms with Gasteiger partial charge in [-0.25, -0.2) is 14.6 Å². The van der Waals surface area contributed by atoms with Gasteiger partial charge in [-0.1, -0.05) is 18.2 Å². The number of carbonyl (C=O) groups is 1. The van der Waals surface area contributed by atoms with Crippen molar-refractivity contribution in [2.45, 2.75) is 26.7 Å². The summed E-state index contributed by atoms with van der Waals surface area (Å²) in [6, 6.07) is 9.82. The molecule has 1 aromatic carbocycles. The molecule has 1 fully saturated rings. The van der Waals surface area contributed by atoms with Crippen LogP contribution in [0.5, 0.6) is 0 Å². The van der Waals surface area contributed by atoms with Crippen LogP contribution in [0.1, 0.15) is 24.0 Å². The van der Waals surface area contributed by atoms with Crippen LogP contribution in [0.15, 0.2) is 49.1 Å². The lowest BCUT2D eigenvalue weighted by Gasteiger charge is -2.33. The fraction of sp³-hybridized carbons (Fsp3) is 0.333. The predicted molar refractivity (Wildman–Crippen MR) is 109 cm³/mol. The van der Waals surface area contributed by atoms with Crippen molar-refractivity contribution in [3.8, 4) is 5.82 Å². The summed E-state index contributed by atoms with van der Waals surface area (Å²) in [5, 5.41) is 7.36. The van der Waals surface area contributed by atoms with Crippen LogP contribution in [0.3, 0.4) is 0 Å². The second-order valence-corrected chi connectivity index (χ2v) is 7.23. The first-order valence-corrected chi connectivity index (χ1v) is 9.56. The van der Waals surface area contributed by atoms with Gasteiger partial charge in [0.15, 0.2) is 5.82 Å². The largest absolute Gasteiger partial charge is 0.356 e. The van der Waals surface area contributed by atoms with Gasteiger partial charge in [0.05, 0.1) is 5.92 Å². The molecule has 1 N–H and O–H groups in total. The summed E-state index contributed by atoms with van der Waals surface area (Å²) < 4.78 is 1.71. The van der Waals surface area contributed by atoms with Gasteiger partial charge >= 0.3 is 0 Å². The zero-order chi connectivity index (χ0) is 19.5. The molecule has 0 spiro atoms. The van der Waals surface area contributed by atoms with Crippen molar-refractivity contribution in [2.75, 3.05) is 23.3 Å². The zero-order valence-electron chi connectivity index (χ0n) is 16.2. The maximum atomic E-state index is 12.9. The second-order valence-electron chi connectivity index (χ2n) is 7.23. The highest BCUT2D eigenvalue weighted by atomic mass is 16.1. The number of aromatic nitrogens is 4. The second kappa shape index (κ2) is 7.80. The molecule has 144 valence electrons. The summed E-state index contributed by atoms with van der Waals surface area (Å²) in [6.45, 7) is 5.57. The Balaban J connectivity index is 1.49. The van der Waals surface area contributed by atoms with Crippen molar-refractivity contribution >= 4 is 17.4 Å². The zero-order valence-corrected chi connectivity index (χ0v) is 16.2. The molecule has 3 heterocycles. The number of hydrogen-bond donors (Lipinski definition) is 1. The van der Waals surface area contributed by atoms with Crippen LogP contribution >= 0.6 is 0 Å². The number of hydrogen-bond acceptors (Lipinski definition) is 5. The Kier molecular flexibility index (Phi) is 5.06. The summed E-state index contributed by atoms with van der Waals surface area (Å²) in [7, 11) is 0. The van der Waals surface area contributed by atoms with Gasteiger partial charge in [-0.05, 0) is 43.9 Å². The smallest absolute Gasteiger partial charge is 0.229 e.